The first-order chi connectivity index (χ1) is 26.9. The lowest BCUT2D eigenvalue weighted by Crippen LogP contribution is -2.37. The number of rotatable bonds is 6. The van der Waals surface area contributed by atoms with Crippen LogP contribution in [0, 0.1) is 0 Å². The summed E-state index contributed by atoms with van der Waals surface area (Å²) in [6, 6.07) is 25.9. The molecule has 0 bridgehead atoms. The minimum absolute atomic E-state index is 0.0172. The number of benzene rings is 6. The molecule has 0 unspecified atom stereocenters. The second kappa shape index (κ2) is 14.0. The maximum atomic E-state index is 12.3. The molecule has 2 heterocycles. The molecule has 2 aliphatic heterocycles. The summed E-state index contributed by atoms with van der Waals surface area (Å²) in [7, 11) is 0. The summed E-state index contributed by atoms with van der Waals surface area (Å²) >= 11 is 0. The molecule has 2 aliphatic rings. The van der Waals surface area contributed by atoms with Gasteiger partial charge in [0, 0.05) is 52.3 Å². The van der Waals surface area contributed by atoms with E-state index in [1.54, 1.807) is 48.6 Å². The largest absolute Gasteiger partial charge is 0.508 e. The maximum absolute atomic E-state index is 12.3. The van der Waals surface area contributed by atoms with E-state index in [9.17, 15) is 51.1 Å². The first-order valence-corrected chi connectivity index (χ1v) is 17.6. The van der Waals surface area contributed by atoms with Gasteiger partial charge in [0.2, 0.25) is 0 Å². The molecular formula is C44H36O12. The fourth-order valence-corrected chi connectivity index (χ4v) is 7.77. The Hall–Kier alpha value is -7.02. The molecular weight excluding hydrogens is 720 g/mol. The lowest BCUT2D eigenvalue weighted by atomic mass is 9.73. The minimum atomic E-state index is -1.43. The van der Waals surface area contributed by atoms with Crippen molar-refractivity contribution in [1.82, 2.24) is 0 Å². The van der Waals surface area contributed by atoms with E-state index in [0.717, 1.165) is 6.07 Å². The average Bonchev–Trinajstić information content (AvgIpc) is 3.17. The lowest BCUT2D eigenvalue weighted by Gasteiger charge is -2.40. The van der Waals surface area contributed by atoms with Crippen molar-refractivity contribution in [2.75, 3.05) is 0 Å². The van der Waals surface area contributed by atoms with Gasteiger partial charge in [-0.3, -0.25) is 0 Å². The van der Waals surface area contributed by atoms with Crippen LogP contribution in [-0.4, -0.2) is 63.3 Å². The van der Waals surface area contributed by atoms with Gasteiger partial charge in [-0.05, 0) is 70.8 Å². The second-order valence-corrected chi connectivity index (χ2v) is 13.9. The highest BCUT2D eigenvalue weighted by molar-refractivity contribution is 5.79. The zero-order valence-corrected chi connectivity index (χ0v) is 29.3. The van der Waals surface area contributed by atoms with Crippen molar-refractivity contribution in [2.45, 2.75) is 36.3 Å². The Bertz CT molecular complexity index is 2340. The summed E-state index contributed by atoms with van der Waals surface area (Å²) in [5, 5.41) is 110. The van der Waals surface area contributed by atoms with Gasteiger partial charge in [-0.1, -0.05) is 54.6 Å². The molecule has 0 spiro atoms. The summed E-state index contributed by atoms with van der Waals surface area (Å²) < 4.78 is 12.5. The zero-order chi connectivity index (χ0) is 39.4. The molecule has 0 fully saturated rings. The number of aliphatic hydroxyl groups is 2. The Labute approximate surface area is 319 Å². The molecule has 12 nitrogen and oxygen atoms in total. The van der Waals surface area contributed by atoms with E-state index in [0.29, 0.717) is 27.8 Å². The second-order valence-electron chi connectivity index (χ2n) is 13.9. The number of aliphatic hydroxyl groups excluding tert-OH is 2. The molecule has 284 valence electrons. The minimum Gasteiger partial charge on any atom is -0.508 e. The van der Waals surface area contributed by atoms with Gasteiger partial charge in [0.05, 0.1) is 0 Å². The molecule has 56 heavy (non-hydrogen) atoms. The highest BCUT2D eigenvalue weighted by Gasteiger charge is 2.45. The maximum Gasteiger partial charge on any atom is 0.157 e. The Morgan fingerprint density at radius 2 is 0.857 bits per heavy atom. The van der Waals surface area contributed by atoms with E-state index in [-0.39, 0.29) is 56.9 Å². The SMILES string of the molecule is Oc1ccc([C@H]2Oc3cc(O)ccc3[C@H](c3c(O)cc(O)c([C@@H]4c5ccc(O)cc5O[C@H](c5ccc(O)cc5)[C@H]4O)c3/C=C/c3ccc(O)c(O)c3)[C@H]2O)cc1. The van der Waals surface area contributed by atoms with Crippen LogP contribution in [0.2, 0.25) is 0 Å². The standard InChI is InChI=1S/C44H36O12/c45-24-7-3-22(4-8-24)43-41(53)39(28-14-11-26(47)18-35(28)55-43)37-30(13-1-21-2-16-31(49)32(50)17-21)38(34(52)20-33(37)51)40-29-15-12-27(48)19-36(29)56-44(42(40)54)23-5-9-25(46)10-6-23/h1-20,39-54H/b13-1+/t39-,40+,41-,42+,43-,44-/m1/s1. The smallest absolute Gasteiger partial charge is 0.157 e. The van der Waals surface area contributed by atoms with Crippen LogP contribution in [0.1, 0.15) is 68.6 Å². The summed E-state index contributed by atoms with van der Waals surface area (Å²) in [6.07, 6.45) is -1.94. The van der Waals surface area contributed by atoms with Gasteiger partial charge in [-0.25, -0.2) is 0 Å². The Morgan fingerprint density at radius 3 is 1.30 bits per heavy atom. The molecule has 6 atom stereocenters. The number of aromatic hydroxyl groups is 8. The van der Waals surface area contributed by atoms with Crippen molar-refractivity contribution >= 4 is 12.2 Å². The Balaban J connectivity index is 1.40. The number of phenols is 8. The van der Waals surface area contributed by atoms with Gasteiger partial charge in [-0.15, -0.1) is 0 Å². The van der Waals surface area contributed by atoms with E-state index in [1.165, 1.54) is 66.7 Å². The van der Waals surface area contributed by atoms with Crippen molar-refractivity contribution in [1.29, 1.82) is 0 Å². The van der Waals surface area contributed by atoms with Crippen LogP contribution < -0.4 is 9.47 Å². The predicted octanol–water partition coefficient (Wildman–Crippen LogP) is 6.75. The Morgan fingerprint density at radius 1 is 0.411 bits per heavy atom. The van der Waals surface area contributed by atoms with Crippen LogP contribution in [0.15, 0.2) is 109 Å². The quantitative estimate of drug-likeness (QED) is 0.0630. The van der Waals surface area contributed by atoms with Gasteiger partial charge in [0.1, 0.15) is 58.2 Å². The fraction of sp³-hybridized carbons (Fsp3) is 0.136. The van der Waals surface area contributed by atoms with Gasteiger partial charge >= 0.3 is 0 Å². The Kier molecular flexibility index (Phi) is 8.99. The molecule has 6 aromatic carbocycles. The molecule has 12 heteroatoms. The highest BCUT2D eigenvalue weighted by atomic mass is 16.5. The molecule has 8 rings (SSSR count). The molecule has 6 aromatic rings. The van der Waals surface area contributed by atoms with Crippen LogP contribution in [-0.2, 0) is 0 Å². The summed E-state index contributed by atoms with van der Waals surface area (Å²) in [5.41, 5.74) is 2.43. The number of fused-ring (bicyclic) bond motifs is 2. The van der Waals surface area contributed by atoms with Gasteiger partial charge < -0.3 is 60.5 Å². The third-order valence-electron chi connectivity index (χ3n) is 10.4. The van der Waals surface area contributed by atoms with Crippen LogP contribution in [0.25, 0.3) is 12.2 Å². The van der Waals surface area contributed by atoms with Gasteiger partial charge in [-0.2, -0.15) is 0 Å². The molecule has 10 N–H and O–H groups in total. The molecule has 0 amide bonds. The third kappa shape index (κ3) is 6.36. The number of phenolic OH excluding ortho intramolecular Hbond substituents is 8. The predicted molar refractivity (Wildman–Crippen MR) is 203 cm³/mol. The summed E-state index contributed by atoms with van der Waals surface area (Å²) in [5.74, 6) is -3.77. The molecule has 0 aliphatic carbocycles. The van der Waals surface area contributed by atoms with Crippen molar-refractivity contribution in [3.8, 4) is 57.5 Å². The van der Waals surface area contributed by atoms with Crippen LogP contribution in [0.4, 0.5) is 0 Å². The highest BCUT2D eigenvalue weighted by Crippen LogP contribution is 2.55. The normalized spacial score (nSPS) is 21.5. The lowest BCUT2D eigenvalue weighted by molar-refractivity contribution is 0.00635. The number of ether oxygens (including phenoxy) is 2. The van der Waals surface area contributed by atoms with Crippen molar-refractivity contribution in [3.05, 3.63) is 154 Å². The van der Waals surface area contributed by atoms with Gasteiger partial charge in [0.15, 0.2) is 23.7 Å². The summed E-state index contributed by atoms with van der Waals surface area (Å²) in [6.45, 7) is 0. The monoisotopic (exact) mass is 756 g/mol. The van der Waals surface area contributed by atoms with Crippen molar-refractivity contribution in [3.63, 3.8) is 0 Å². The molecule has 0 aromatic heterocycles. The number of hydrogen-bond acceptors (Lipinski definition) is 12. The van der Waals surface area contributed by atoms with E-state index >= 15 is 0 Å². The van der Waals surface area contributed by atoms with Crippen molar-refractivity contribution < 1.29 is 60.5 Å². The van der Waals surface area contributed by atoms with E-state index in [4.69, 9.17) is 9.47 Å². The summed E-state index contributed by atoms with van der Waals surface area (Å²) in [4.78, 5) is 0. The first kappa shape index (κ1) is 36.0. The van der Waals surface area contributed by atoms with Crippen molar-refractivity contribution in [2.24, 2.45) is 0 Å². The molecule has 0 radical (unpaired) electrons. The van der Waals surface area contributed by atoms with E-state index in [2.05, 4.69) is 0 Å². The van der Waals surface area contributed by atoms with Crippen LogP contribution in [0.3, 0.4) is 0 Å². The molecule has 0 saturated heterocycles. The number of hydrogen-bond donors (Lipinski definition) is 10. The van der Waals surface area contributed by atoms with E-state index < -0.39 is 53.5 Å². The van der Waals surface area contributed by atoms with Crippen LogP contribution >= 0.6 is 0 Å². The first-order valence-electron chi connectivity index (χ1n) is 17.6. The molecule has 0 saturated carbocycles. The van der Waals surface area contributed by atoms with Gasteiger partial charge in [0.25, 0.3) is 0 Å². The third-order valence-corrected chi connectivity index (χ3v) is 10.4. The average molecular weight is 757 g/mol. The van der Waals surface area contributed by atoms with Crippen LogP contribution in [0.5, 0.6) is 57.5 Å². The zero-order valence-electron chi connectivity index (χ0n) is 29.3. The van der Waals surface area contributed by atoms with E-state index in [1.807, 2.05) is 0 Å². The fourth-order valence-electron chi connectivity index (χ4n) is 7.77. The topological polar surface area (TPSA) is 221 Å².